The van der Waals surface area contributed by atoms with Gasteiger partial charge in [-0.1, -0.05) is 49.5 Å². The number of carbonyl (C=O) groups is 1. The summed E-state index contributed by atoms with van der Waals surface area (Å²) in [5.41, 5.74) is 6.80. The molecule has 0 aliphatic rings. The standard InChI is InChI=1S/C15H23N3OS/c1-3-9-17-15(19)11-18(2)13(10-14(16)20)12-7-5-4-6-8-12/h4-8,13H,3,9-11H2,1-2H3,(H2,16,20)(H,17,19). The molecule has 0 heterocycles. The van der Waals surface area contributed by atoms with Crippen LogP contribution in [0.25, 0.3) is 0 Å². The minimum absolute atomic E-state index is 0.0261. The van der Waals surface area contributed by atoms with Gasteiger partial charge in [-0.3, -0.25) is 9.69 Å². The summed E-state index contributed by atoms with van der Waals surface area (Å²) in [6.45, 7) is 3.07. The van der Waals surface area contributed by atoms with Gasteiger partial charge >= 0.3 is 0 Å². The number of hydrogen-bond donors (Lipinski definition) is 2. The third-order valence-corrected chi connectivity index (χ3v) is 3.24. The molecule has 0 bridgehead atoms. The zero-order valence-electron chi connectivity index (χ0n) is 12.1. The number of thiocarbonyl (C=S) groups is 1. The summed E-state index contributed by atoms with van der Waals surface area (Å²) in [6, 6.07) is 10.0. The van der Waals surface area contributed by atoms with E-state index in [2.05, 4.69) is 5.32 Å². The molecule has 4 nitrogen and oxygen atoms in total. The first-order chi connectivity index (χ1) is 9.54. The molecule has 3 N–H and O–H groups in total. The fourth-order valence-electron chi connectivity index (χ4n) is 2.05. The molecular weight excluding hydrogens is 270 g/mol. The first-order valence-corrected chi connectivity index (χ1v) is 7.25. The van der Waals surface area contributed by atoms with Crippen molar-refractivity contribution < 1.29 is 4.79 Å². The second-order valence-corrected chi connectivity index (χ2v) is 5.39. The van der Waals surface area contributed by atoms with E-state index in [0.29, 0.717) is 24.5 Å². The SMILES string of the molecule is CCCNC(=O)CN(C)C(CC(N)=S)c1ccccc1. The molecule has 20 heavy (non-hydrogen) atoms. The molecule has 0 aliphatic heterocycles. The van der Waals surface area contributed by atoms with Gasteiger partial charge in [-0.2, -0.15) is 0 Å². The number of rotatable bonds is 8. The van der Waals surface area contributed by atoms with Gasteiger partial charge in [0.1, 0.15) is 0 Å². The van der Waals surface area contributed by atoms with Crippen molar-refractivity contribution in [1.29, 1.82) is 0 Å². The minimum atomic E-state index is 0.0261. The minimum Gasteiger partial charge on any atom is -0.393 e. The molecular formula is C15H23N3OS. The summed E-state index contributed by atoms with van der Waals surface area (Å²) in [5, 5.41) is 2.88. The zero-order valence-corrected chi connectivity index (χ0v) is 13.0. The highest BCUT2D eigenvalue weighted by Gasteiger charge is 2.19. The fraction of sp³-hybridized carbons (Fsp3) is 0.467. The van der Waals surface area contributed by atoms with Crippen LogP contribution in [0.5, 0.6) is 0 Å². The van der Waals surface area contributed by atoms with Gasteiger partial charge in [-0.15, -0.1) is 0 Å². The molecule has 0 saturated heterocycles. The van der Waals surface area contributed by atoms with Crippen LogP contribution < -0.4 is 11.1 Å². The summed E-state index contributed by atoms with van der Waals surface area (Å²) in [4.78, 5) is 14.3. The maximum absolute atomic E-state index is 11.8. The van der Waals surface area contributed by atoms with Crippen molar-refractivity contribution in [1.82, 2.24) is 10.2 Å². The van der Waals surface area contributed by atoms with Crippen LogP contribution in [-0.2, 0) is 4.79 Å². The average Bonchev–Trinajstić information content (AvgIpc) is 2.43. The smallest absolute Gasteiger partial charge is 0.234 e. The summed E-state index contributed by atoms with van der Waals surface area (Å²) >= 11 is 5.03. The number of nitrogens with two attached hydrogens (primary N) is 1. The number of likely N-dealkylation sites (N-methyl/N-ethyl adjacent to an activating group) is 1. The zero-order chi connectivity index (χ0) is 15.0. The van der Waals surface area contributed by atoms with Crippen LogP contribution in [0.4, 0.5) is 0 Å². The summed E-state index contributed by atoms with van der Waals surface area (Å²) in [5.74, 6) is 0.0261. The van der Waals surface area contributed by atoms with E-state index in [-0.39, 0.29) is 11.9 Å². The largest absolute Gasteiger partial charge is 0.393 e. The van der Waals surface area contributed by atoms with Gasteiger partial charge < -0.3 is 11.1 Å². The van der Waals surface area contributed by atoms with Crippen LogP contribution in [0.2, 0.25) is 0 Å². The highest BCUT2D eigenvalue weighted by atomic mass is 32.1. The number of carbonyl (C=O) groups excluding carboxylic acids is 1. The van der Waals surface area contributed by atoms with E-state index in [1.165, 1.54) is 0 Å². The monoisotopic (exact) mass is 293 g/mol. The van der Waals surface area contributed by atoms with Crippen molar-refractivity contribution in [2.24, 2.45) is 5.73 Å². The number of amides is 1. The summed E-state index contributed by atoms with van der Waals surface area (Å²) < 4.78 is 0. The third kappa shape index (κ3) is 5.67. The Morgan fingerprint density at radius 1 is 1.40 bits per heavy atom. The Morgan fingerprint density at radius 2 is 2.05 bits per heavy atom. The molecule has 1 unspecified atom stereocenters. The van der Waals surface area contributed by atoms with Gasteiger partial charge in [-0.05, 0) is 19.0 Å². The fourth-order valence-corrected chi connectivity index (χ4v) is 2.21. The molecule has 0 radical (unpaired) electrons. The van der Waals surface area contributed by atoms with Crippen LogP contribution in [0.1, 0.15) is 31.4 Å². The van der Waals surface area contributed by atoms with Gasteiger partial charge in [0.15, 0.2) is 0 Å². The van der Waals surface area contributed by atoms with Crippen molar-refractivity contribution in [3.8, 4) is 0 Å². The van der Waals surface area contributed by atoms with Crippen molar-refractivity contribution in [3.63, 3.8) is 0 Å². The lowest BCUT2D eigenvalue weighted by Crippen LogP contribution is -2.38. The summed E-state index contributed by atoms with van der Waals surface area (Å²) in [7, 11) is 1.92. The Labute approximate surface area is 126 Å². The third-order valence-electron chi connectivity index (χ3n) is 3.08. The Balaban J connectivity index is 2.73. The second-order valence-electron chi connectivity index (χ2n) is 4.86. The lowest BCUT2D eigenvalue weighted by atomic mass is 10.0. The second kappa shape index (κ2) is 8.66. The molecule has 0 fully saturated rings. The van der Waals surface area contributed by atoms with Crippen LogP contribution in [0, 0.1) is 0 Å². The molecule has 1 aromatic rings. The van der Waals surface area contributed by atoms with Crippen molar-refractivity contribution in [3.05, 3.63) is 35.9 Å². The van der Waals surface area contributed by atoms with Crippen molar-refractivity contribution in [2.75, 3.05) is 20.1 Å². The highest BCUT2D eigenvalue weighted by molar-refractivity contribution is 7.80. The van der Waals surface area contributed by atoms with E-state index in [1.54, 1.807) is 0 Å². The quantitative estimate of drug-likeness (QED) is 0.718. The maximum atomic E-state index is 11.8. The number of benzene rings is 1. The van der Waals surface area contributed by atoms with E-state index in [0.717, 1.165) is 12.0 Å². The van der Waals surface area contributed by atoms with E-state index in [1.807, 2.05) is 49.2 Å². The highest BCUT2D eigenvalue weighted by Crippen LogP contribution is 2.22. The predicted molar refractivity (Wildman–Crippen MR) is 86.5 cm³/mol. The van der Waals surface area contributed by atoms with Crippen LogP contribution in [0.15, 0.2) is 30.3 Å². The van der Waals surface area contributed by atoms with Crippen molar-refractivity contribution in [2.45, 2.75) is 25.8 Å². The van der Waals surface area contributed by atoms with Gasteiger partial charge in [0.05, 0.1) is 11.5 Å². The number of hydrogen-bond acceptors (Lipinski definition) is 3. The molecule has 0 aromatic heterocycles. The Hall–Kier alpha value is -1.46. The first-order valence-electron chi connectivity index (χ1n) is 6.84. The number of nitrogens with one attached hydrogen (secondary N) is 1. The lowest BCUT2D eigenvalue weighted by molar-refractivity contribution is -0.122. The molecule has 1 aromatic carbocycles. The molecule has 1 rings (SSSR count). The molecule has 0 aliphatic carbocycles. The Bertz CT molecular complexity index is 436. The van der Waals surface area contributed by atoms with E-state index in [9.17, 15) is 4.79 Å². The topological polar surface area (TPSA) is 58.4 Å². The Morgan fingerprint density at radius 3 is 2.60 bits per heavy atom. The Kier molecular flexibility index (Phi) is 7.18. The van der Waals surface area contributed by atoms with E-state index in [4.69, 9.17) is 18.0 Å². The number of nitrogens with zero attached hydrogens (tertiary/aromatic N) is 1. The molecule has 0 saturated carbocycles. The molecule has 110 valence electrons. The molecule has 5 heteroatoms. The normalized spacial score (nSPS) is 12.2. The van der Waals surface area contributed by atoms with Crippen molar-refractivity contribution >= 4 is 23.1 Å². The molecule has 1 amide bonds. The van der Waals surface area contributed by atoms with Crippen LogP contribution in [-0.4, -0.2) is 35.9 Å². The molecule has 0 spiro atoms. The van der Waals surface area contributed by atoms with E-state index >= 15 is 0 Å². The van der Waals surface area contributed by atoms with E-state index < -0.39 is 0 Å². The first kappa shape index (κ1) is 16.6. The maximum Gasteiger partial charge on any atom is 0.234 e. The lowest BCUT2D eigenvalue weighted by Gasteiger charge is -2.27. The van der Waals surface area contributed by atoms with Gasteiger partial charge in [0.25, 0.3) is 0 Å². The van der Waals surface area contributed by atoms with Gasteiger partial charge in [-0.25, -0.2) is 0 Å². The van der Waals surface area contributed by atoms with Gasteiger partial charge in [0, 0.05) is 19.0 Å². The average molecular weight is 293 g/mol. The van der Waals surface area contributed by atoms with Crippen LogP contribution >= 0.6 is 12.2 Å². The van der Waals surface area contributed by atoms with Crippen LogP contribution in [0.3, 0.4) is 0 Å². The summed E-state index contributed by atoms with van der Waals surface area (Å²) in [6.07, 6.45) is 1.50. The van der Waals surface area contributed by atoms with Gasteiger partial charge in [0.2, 0.25) is 5.91 Å². The molecule has 1 atom stereocenters. The predicted octanol–water partition coefficient (Wildman–Crippen LogP) is 1.86.